The SMILES string of the molecule is C=N/C(C(=O)c1ccc(Nc2ccccc2)c(C=N)c1)=c1/ccccc1=C. The lowest BCUT2D eigenvalue weighted by Gasteiger charge is -2.11. The number of hydrogen-bond donors (Lipinski definition) is 2. The summed E-state index contributed by atoms with van der Waals surface area (Å²) in [7, 11) is 0. The van der Waals surface area contributed by atoms with Crippen molar-refractivity contribution in [2.24, 2.45) is 4.99 Å². The second-order valence-electron chi connectivity index (χ2n) is 5.93. The fourth-order valence-electron chi connectivity index (χ4n) is 2.78. The highest BCUT2D eigenvalue weighted by Crippen LogP contribution is 2.22. The topological polar surface area (TPSA) is 65.3 Å². The maximum Gasteiger partial charge on any atom is 0.211 e. The van der Waals surface area contributed by atoms with Crippen molar-refractivity contribution in [3.8, 4) is 0 Å². The molecule has 0 atom stereocenters. The molecule has 0 aliphatic rings. The highest BCUT2D eigenvalue weighted by atomic mass is 16.1. The van der Waals surface area contributed by atoms with Crippen molar-refractivity contribution in [1.82, 2.24) is 0 Å². The third-order valence-corrected chi connectivity index (χ3v) is 4.17. The minimum atomic E-state index is -0.254. The Balaban J connectivity index is 2.03. The molecule has 0 radical (unpaired) electrons. The molecular formula is C23H19N3O. The number of carbonyl (C=O) groups excluding carboxylic acids is 1. The van der Waals surface area contributed by atoms with Gasteiger partial charge in [-0.1, -0.05) is 49.0 Å². The maximum atomic E-state index is 13.0. The average molecular weight is 353 g/mol. The first-order valence-corrected chi connectivity index (χ1v) is 8.40. The first-order chi connectivity index (χ1) is 13.1. The van der Waals surface area contributed by atoms with Crippen molar-refractivity contribution in [3.63, 3.8) is 0 Å². The lowest BCUT2D eigenvalue weighted by atomic mass is 10.0. The van der Waals surface area contributed by atoms with Gasteiger partial charge in [-0.25, -0.2) is 0 Å². The van der Waals surface area contributed by atoms with Crippen LogP contribution in [0.15, 0.2) is 77.8 Å². The lowest BCUT2D eigenvalue weighted by molar-refractivity contribution is 0.105. The van der Waals surface area contributed by atoms with Crippen LogP contribution >= 0.6 is 0 Å². The van der Waals surface area contributed by atoms with Gasteiger partial charge in [0.15, 0.2) is 0 Å². The normalized spacial score (nSPS) is 11.4. The van der Waals surface area contributed by atoms with E-state index in [1.807, 2.05) is 48.5 Å². The molecule has 0 fully saturated rings. The van der Waals surface area contributed by atoms with Crippen LogP contribution < -0.4 is 15.8 Å². The second kappa shape index (κ2) is 8.06. The van der Waals surface area contributed by atoms with E-state index in [1.54, 1.807) is 24.3 Å². The van der Waals surface area contributed by atoms with E-state index in [4.69, 9.17) is 5.41 Å². The minimum Gasteiger partial charge on any atom is -0.355 e. The minimum absolute atomic E-state index is 0.250. The molecule has 4 nitrogen and oxygen atoms in total. The molecule has 4 heteroatoms. The summed E-state index contributed by atoms with van der Waals surface area (Å²) in [5.74, 6) is -0.254. The number of rotatable bonds is 6. The van der Waals surface area contributed by atoms with E-state index in [2.05, 4.69) is 23.6 Å². The van der Waals surface area contributed by atoms with Gasteiger partial charge in [-0.15, -0.1) is 0 Å². The zero-order valence-corrected chi connectivity index (χ0v) is 14.8. The van der Waals surface area contributed by atoms with Crippen LogP contribution in [0.4, 0.5) is 11.4 Å². The Bertz CT molecular complexity index is 1120. The third kappa shape index (κ3) is 3.90. The summed E-state index contributed by atoms with van der Waals surface area (Å²) in [4.78, 5) is 16.9. The smallest absolute Gasteiger partial charge is 0.211 e. The Morgan fingerprint density at radius 3 is 2.37 bits per heavy atom. The molecule has 0 saturated carbocycles. The first-order valence-electron chi connectivity index (χ1n) is 8.40. The van der Waals surface area contributed by atoms with E-state index in [-0.39, 0.29) is 11.5 Å². The predicted octanol–water partition coefficient (Wildman–Crippen LogP) is 3.53. The van der Waals surface area contributed by atoms with Gasteiger partial charge in [-0.2, -0.15) is 0 Å². The summed E-state index contributed by atoms with van der Waals surface area (Å²) in [6.07, 6.45) is 1.22. The fourth-order valence-corrected chi connectivity index (χ4v) is 2.78. The van der Waals surface area contributed by atoms with E-state index >= 15 is 0 Å². The zero-order chi connectivity index (χ0) is 19.2. The number of nitrogens with one attached hydrogen (secondary N) is 2. The van der Waals surface area contributed by atoms with Gasteiger partial charge >= 0.3 is 0 Å². The van der Waals surface area contributed by atoms with Gasteiger partial charge in [-0.05, 0) is 42.3 Å². The quantitative estimate of drug-likeness (QED) is 0.526. The maximum absolute atomic E-state index is 13.0. The Hall–Kier alpha value is -3.79. The molecule has 2 N–H and O–H groups in total. The highest BCUT2D eigenvalue weighted by Gasteiger charge is 2.14. The molecule has 3 rings (SSSR count). The van der Waals surface area contributed by atoms with E-state index in [0.29, 0.717) is 21.6 Å². The number of Topliss-reactive ketones (excluding diaryl/α,β-unsaturated/α-hetero) is 1. The summed E-state index contributed by atoms with van der Waals surface area (Å²) < 4.78 is 0. The number of hydrogen-bond acceptors (Lipinski definition) is 4. The third-order valence-electron chi connectivity index (χ3n) is 4.17. The predicted molar refractivity (Wildman–Crippen MR) is 113 cm³/mol. The molecule has 0 unspecified atom stereocenters. The molecule has 3 aromatic rings. The van der Waals surface area contributed by atoms with Crippen LogP contribution in [-0.4, -0.2) is 18.7 Å². The standard InChI is InChI=1S/C23H19N3O/c1-16-8-6-7-11-20(16)22(25-2)23(27)17-12-13-21(18(14-17)15-24)26-19-9-4-3-5-10-19/h3-15,24,26H,1-2H2/b22-20-,24-15?. The Morgan fingerprint density at radius 2 is 1.70 bits per heavy atom. The van der Waals surface area contributed by atoms with E-state index < -0.39 is 0 Å². The molecular weight excluding hydrogens is 334 g/mol. The Kier molecular flexibility index (Phi) is 5.38. The summed E-state index contributed by atoms with van der Waals surface area (Å²) in [5.41, 5.74) is 2.96. The number of nitrogens with zero attached hydrogens (tertiary/aromatic N) is 1. The zero-order valence-electron chi connectivity index (χ0n) is 14.8. The van der Waals surface area contributed by atoms with Crippen LogP contribution in [0.1, 0.15) is 15.9 Å². The van der Waals surface area contributed by atoms with Crippen LogP contribution in [0.3, 0.4) is 0 Å². The molecule has 0 aliphatic heterocycles. The number of aliphatic imine (C=N–C) groups is 1. The number of carbonyl (C=O) groups is 1. The van der Waals surface area contributed by atoms with Crippen LogP contribution in [0, 0.1) is 5.41 Å². The van der Waals surface area contributed by atoms with Gasteiger partial charge in [0.2, 0.25) is 5.78 Å². The number of benzene rings is 3. The van der Waals surface area contributed by atoms with Crippen molar-refractivity contribution in [2.75, 3.05) is 5.32 Å². The van der Waals surface area contributed by atoms with Crippen LogP contribution in [0.5, 0.6) is 0 Å². The lowest BCUT2D eigenvalue weighted by Crippen LogP contribution is -2.27. The van der Waals surface area contributed by atoms with Gasteiger partial charge in [-0.3, -0.25) is 9.79 Å². The van der Waals surface area contributed by atoms with Gasteiger partial charge in [0.1, 0.15) is 5.70 Å². The van der Waals surface area contributed by atoms with Crippen molar-refractivity contribution in [2.45, 2.75) is 0 Å². The Labute approximate surface area is 157 Å². The summed E-state index contributed by atoms with van der Waals surface area (Å²) in [5, 5.41) is 12.3. The van der Waals surface area contributed by atoms with E-state index in [0.717, 1.165) is 11.4 Å². The summed E-state index contributed by atoms with van der Waals surface area (Å²) >= 11 is 0. The molecule has 0 spiro atoms. The largest absolute Gasteiger partial charge is 0.355 e. The van der Waals surface area contributed by atoms with Crippen LogP contribution in [-0.2, 0) is 0 Å². The molecule has 0 heterocycles. The summed E-state index contributed by atoms with van der Waals surface area (Å²) in [6.45, 7) is 7.50. The monoisotopic (exact) mass is 353 g/mol. The number of ketones is 1. The molecule has 0 bridgehead atoms. The van der Waals surface area contributed by atoms with Gasteiger partial charge < -0.3 is 10.7 Å². The van der Waals surface area contributed by atoms with E-state index in [1.165, 1.54) is 6.21 Å². The molecule has 0 aliphatic carbocycles. The molecule has 3 aromatic carbocycles. The first kappa shape index (κ1) is 18.0. The Morgan fingerprint density at radius 1 is 1.00 bits per heavy atom. The van der Waals surface area contributed by atoms with Crippen molar-refractivity contribution >= 4 is 42.4 Å². The van der Waals surface area contributed by atoms with E-state index in [9.17, 15) is 4.79 Å². The van der Waals surface area contributed by atoms with Crippen molar-refractivity contribution in [3.05, 3.63) is 94.4 Å². The second-order valence-corrected chi connectivity index (χ2v) is 5.93. The highest BCUT2D eigenvalue weighted by molar-refractivity contribution is 6.24. The summed E-state index contributed by atoms with van der Waals surface area (Å²) in [6, 6.07) is 22.2. The van der Waals surface area contributed by atoms with Gasteiger partial charge in [0.05, 0.1) is 0 Å². The average Bonchev–Trinajstić information content (AvgIpc) is 2.71. The van der Waals surface area contributed by atoms with Gasteiger partial charge in [0.25, 0.3) is 0 Å². The molecule has 0 aromatic heterocycles. The molecule has 27 heavy (non-hydrogen) atoms. The van der Waals surface area contributed by atoms with Gasteiger partial charge in [0, 0.05) is 33.9 Å². The number of para-hydroxylation sites is 1. The molecule has 132 valence electrons. The molecule has 0 saturated heterocycles. The van der Waals surface area contributed by atoms with Crippen LogP contribution in [0.2, 0.25) is 0 Å². The van der Waals surface area contributed by atoms with Crippen molar-refractivity contribution < 1.29 is 4.79 Å². The fraction of sp³-hybridized carbons (Fsp3) is 0. The van der Waals surface area contributed by atoms with Crippen LogP contribution in [0.25, 0.3) is 12.3 Å². The van der Waals surface area contributed by atoms with Crippen molar-refractivity contribution in [1.29, 1.82) is 5.41 Å². The number of anilines is 2. The molecule has 0 amide bonds.